The molecule has 0 bridgehead atoms. The molecule has 2 N–H and O–H groups in total. The highest BCUT2D eigenvalue weighted by Crippen LogP contribution is 2.26. The van der Waals surface area contributed by atoms with Crippen molar-refractivity contribution >= 4 is 21.2 Å². The van der Waals surface area contributed by atoms with E-state index in [1.54, 1.807) is 20.2 Å². The fourth-order valence-corrected chi connectivity index (χ4v) is 2.98. The summed E-state index contributed by atoms with van der Waals surface area (Å²) < 4.78 is 53.7. The van der Waals surface area contributed by atoms with Crippen LogP contribution in [0, 0.1) is 0 Å². The van der Waals surface area contributed by atoms with Gasteiger partial charge in [0.05, 0.1) is 0 Å². The molecule has 1 atom stereocenters. The molecule has 1 aromatic heterocycles. The first-order valence-corrected chi connectivity index (χ1v) is 8.09. The van der Waals surface area contributed by atoms with Crippen LogP contribution in [0.25, 0.3) is 11.4 Å². The van der Waals surface area contributed by atoms with Crippen molar-refractivity contribution in [3.8, 4) is 11.4 Å². The highest BCUT2D eigenvalue weighted by molar-refractivity contribution is 7.86. The van der Waals surface area contributed by atoms with Crippen LogP contribution in [0.2, 0.25) is 0 Å². The van der Waals surface area contributed by atoms with E-state index in [0.717, 1.165) is 0 Å². The molecule has 0 spiro atoms. The van der Waals surface area contributed by atoms with Crippen LogP contribution in [0.5, 0.6) is 0 Å². The van der Waals surface area contributed by atoms with Gasteiger partial charge in [0.1, 0.15) is 4.90 Å². The van der Waals surface area contributed by atoms with Gasteiger partial charge in [-0.1, -0.05) is 12.1 Å². The lowest BCUT2D eigenvalue weighted by atomic mass is 10.2. The molecule has 0 fully saturated rings. The van der Waals surface area contributed by atoms with E-state index < -0.39 is 21.2 Å². The number of hydrogen-bond donors (Lipinski definition) is 2. The normalized spacial score (nSPS) is 13.1. The van der Waals surface area contributed by atoms with Crippen molar-refractivity contribution in [1.29, 1.82) is 0 Å². The van der Waals surface area contributed by atoms with Gasteiger partial charge < -0.3 is 5.01 Å². The molecule has 1 aromatic carbocycles. The van der Waals surface area contributed by atoms with E-state index in [1.807, 2.05) is 0 Å². The molecule has 0 saturated heterocycles. The molecular weight excluding hydrogens is 320 g/mol. The topological polar surface area (TPSA) is 126 Å². The maximum atomic E-state index is 11.4. The van der Waals surface area contributed by atoms with Crippen LogP contribution >= 0.6 is 0 Å². The molecular formula is C10H12N4O5S2. The van der Waals surface area contributed by atoms with Crippen molar-refractivity contribution in [2.75, 3.05) is 19.1 Å². The second-order valence-corrected chi connectivity index (χ2v) is 6.44. The molecule has 21 heavy (non-hydrogen) atoms. The minimum atomic E-state index is -4.47. The Morgan fingerprint density at radius 1 is 1.24 bits per heavy atom. The van der Waals surface area contributed by atoms with Crippen LogP contribution in [-0.4, -0.2) is 50.7 Å². The third-order valence-electron chi connectivity index (χ3n) is 2.57. The second-order valence-electron chi connectivity index (χ2n) is 4.19. The average Bonchev–Trinajstić information content (AvgIpc) is 2.82. The molecule has 0 aliphatic carbocycles. The van der Waals surface area contributed by atoms with Gasteiger partial charge in [0.25, 0.3) is 15.3 Å². The van der Waals surface area contributed by atoms with E-state index in [1.165, 1.54) is 27.9 Å². The summed E-state index contributed by atoms with van der Waals surface area (Å²) in [6, 6.07) is 5.61. The monoisotopic (exact) mass is 332 g/mol. The van der Waals surface area contributed by atoms with Crippen LogP contribution in [0.15, 0.2) is 34.3 Å². The third-order valence-corrected chi connectivity index (χ3v) is 4.05. The van der Waals surface area contributed by atoms with Crippen LogP contribution in [0.4, 0.5) is 0 Å². The van der Waals surface area contributed by atoms with Gasteiger partial charge in [-0.2, -0.15) is 8.42 Å². The Kier molecular flexibility index (Phi) is 4.09. The fourth-order valence-electron chi connectivity index (χ4n) is 1.78. The molecule has 0 aliphatic heterocycles. The first kappa shape index (κ1) is 15.6. The minimum Gasteiger partial charge on any atom is -0.315 e. The van der Waals surface area contributed by atoms with Gasteiger partial charge in [-0.15, -0.1) is 10.2 Å². The Hall–Kier alpha value is -1.82. The summed E-state index contributed by atoms with van der Waals surface area (Å²) in [6.45, 7) is 0. The number of aromatic nitrogens is 3. The molecule has 1 heterocycles. The number of hydrogen-bond acceptors (Lipinski definition) is 6. The van der Waals surface area contributed by atoms with Gasteiger partial charge in [-0.3, -0.25) is 9.11 Å². The molecule has 2 aromatic rings. The first-order chi connectivity index (χ1) is 9.73. The van der Waals surface area contributed by atoms with E-state index in [4.69, 9.17) is 0 Å². The van der Waals surface area contributed by atoms with Crippen molar-refractivity contribution in [1.82, 2.24) is 14.9 Å². The van der Waals surface area contributed by atoms with Crippen molar-refractivity contribution in [2.45, 2.75) is 10.1 Å². The quantitative estimate of drug-likeness (QED) is 0.590. The van der Waals surface area contributed by atoms with Gasteiger partial charge in [0.2, 0.25) is 11.1 Å². The summed E-state index contributed by atoms with van der Waals surface area (Å²) in [5, 5.41) is 8.48. The fraction of sp³-hybridized carbons (Fsp3) is 0.200. The van der Waals surface area contributed by atoms with Crippen molar-refractivity contribution < 1.29 is 21.7 Å². The summed E-state index contributed by atoms with van der Waals surface area (Å²) in [7, 11) is -1.34. The number of benzene rings is 1. The molecule has 1 unspecified atom stereocenters. The predicted octanol–water partition coefficient (Wildman–Crippen LogP) is -0.0300. The number of rotatable bonds is 4. The molecule has 0 saturated carbocycles. The minimum absolute atomic E-state index is 0.0191. The van der Waals surface area contributed by atoms with Crippen molar-refractivity contribution in [2.24, 2.45) is 0 Å². The SMILES string of the molecule is CN(C)n1c(-c2ccccc2S(=O)(=O)O)nnc1S(=O)O. The van der Waals surface area contributed by atoms with Gasteiger partial charge in [-0.05, 0) is 12.1 Å². The lowest BCUT2D eigenvalue weighted by Gasteiger charge is -2.18. The lowest BCUT2D eigenvalue weighted by Crippen LogP contribution is -2.28. The van der Waals surface area contributed by atoms with Gasteiger partial charge in [-0.25, -0.2) is 8.89 Å². The molecule has 2 rings (SSSR count). The summed E-state index contributed by atoms with van der Waals surface area (Å²) in [5.41, 5.74) is 0.0675. The van der Waals surface area contributed by atoms with Crippen LogP contribution in [0.3, 0.4) is 0 Å². The van der Waals surface area contributed by atoms with E-state index >= 15 is 0 Å². The molecule has 9 nitrogen and oxygen atoms in total. The standard InChI is InChI=1S/C10H12N4O5S2/c1-13(2)14-9(11-12-10(14)20(15)16)7-5-3-4-6-8(7)21(17,18)19/h3-6H,1-2H3,(H,15,16)(H,17,18,19). The first-order valence-electron chi connectivity index (χ1n) is 5.54. The molecule has 114 valence electrons. The number of nitrogens with zero attached hydrogens (tertiary/aromatic N) is 4. The third kappa shape index (κ3) is 2.95. The van der Waals surface area contributed by atoms with Crippen LogP contribution in [-0.2, 0) is 21.2 Å². The Balaban J connectivity index is 2.78. The van der Waals surface area contributed by atoms with E-state index in [-0.39, 0.29) is 21.4 Å². The highest BCUT2D eigenvalue weighted by Gasteiger charge is 2.24. The summed E-state index contributed by atoms with van der Waals surface area (Å²) in [4.78, 5) is -0.365. The van der Waals surface area contributed by atoms with E-state index in [2.05, 4.69) is 10.2 Å². The Labute approximate surface area is 123 Å². The van der Waals surface area contributed by atoms with Crippen LogP contribution in [0.1, 0.15) is 0 Å². The van der Waals surface area contributed by atoms with E-state index in [9.17, 15) is 21.7 Å². The average molecular weight is 332 g/mol. The smallest absolute Gasteiger partial charge is 0.295 e. The van der Waals surface area contributed by atoms with E-state index in [0.29, 0.717) is 0 Å². The molecule has 11 heteroatoms. The Morgan fingerprint density at radius 2 is 1.86 bits per heavy atom. The maximum Gasteiger partial charge on any atom is 0.295 e. The molecule has 0 aliphatic rings. The summed E-state index contributed by atoms with van der Waals surface area (Å²) in [5.74, 6) is 0.0191. The Morgan fingerprint density at radius 3 is 2.38 bits per heavy atom. The van der Waals surface area contributed by atoms with Crippen molar-refractivity contribution in [3.05, 3.63) is 24.3 Å². The zero-order valence-electron chi connectivity index (χ0n) is 11.0. The zero-order chi connectivity index (χ0) is 15.8. The highest BCUT2D eigenvalue weighted by atomic mass is 32.2. The summed E-state index contributed by atoms with van der Waals surface area (Å²) >= 11 is -2.41. The van der Waals surface area contributed by atoms with Gasteiger partial charge in [0, 0.05) is 19.7 Å². The molecule has 0 radical (unpaired) electrons. The zero-order valence-corrected chi connectivity index (χ0v) is 12.7. The van der Waals surface area contributed by atoms with Crippen LogP contribution < -0.4 is 5.01 Å². The van der Waals surface area contributed by atoms with Crippen molar-refractivity contribution in [3.63, 3.8) is 0 Å². The maximum absolute atomic E-state index is 11.4. The summed E-state index contributed by atoms with van der Waals surface area (Å²) in [6.07, 6.45) is 0. The lowest BCUT2D eigenvalue weighted by molar-refractivity contribution is 0.483. The second kappa shape index (κ2) is 5.52. The van der Waals surface area contributed by atoms with Gasteiger partial charge in [0.15, 0.2) is 5.82 Å². The Bertz CT molecular complexity index is 800. The largest absolute Gasteiger partial charge is 0.315 e. The predicted molar refractivity (Wildman–Crippen MR) is 74.4 cm³/mol. The van der Waals surface area contributed by atoms with Gasteiger partial charge >= 0.3 is 0 Å². The molecule has 0 amide bonds.